The molecule has 0 aliphatic heterocycles. The maximum atomic E-state index is 13.3. The standard InChI is InChI=1S/C21H20ClN3O3S/c1-3-25(17-9-5-4-6-10-17)29(27,28)20-14-16(12-13-18(20)22)24-21(26)19-11-7-8-15(2)23-19/h4-14H,3H2,1-2H3,(H,24,26). The van der Waals surface area contributed by atoms with E-state index in [2.05, 4.69) is 10.3 Å². The number of sulfonamides is 1. The third kappa shape index (κ3) is 4.58. The first kappa shape index (κ1) is 20.8. The zero-order valence-electron chi connectivity index (χ0n) is 16.0. The van der Waals surface area contributed by atoms with Crippen LogP contribution in [0.15, 0.2) is 71.6 Å². The quantitative estimate of drug-likeness (QED) is 0.625. The summed E-state index contributed by atoms with van der Waals surface area (Å²) in [4.78, 5) is 16.5. The Hall–Kier alpha value is -2.90. The van der Waals surface area contributed by atoms with E-state index >= 15 is 0 Å². The first-order valence-corrected chi connectivity index (χ1v) is 10.8. The van der Waals surface area contributed by atoms with Crippen LogP contribution in [0.4, 0.5) is 11.4 Å². The number of pyridine rings is 1. The third-order valence-corrected chi connectivity index (χ3v) is 6.59. The van der Waals surface area contributed by atoms with Crippen molar-refractivity contribution in [1.29, 1.82) is 0 Å². The molecule has 1 aromatic heterocycles. The van der Waals surface area contributed by atoms with Crippen molar-refractivity contribution in [2.45, 2.75) is 18.7 Å². The highest BCUT2D eigenvalue weighted by molar-refractivity contribution is 7.93. The number of rotatable bonds is 6. The summed E-state index contributed by atoms with van der Waals surface area (Å²) >= 11 is 6.21. The van der Waals surface area contributed by atoms with Gasteiger partial charge in [0.05, 0.1) is 10.7 Å². The van der Waals surface area contributed by atoms with Gasteiger partial charge >= 0.3 is 0 Å². The Morgan fingerprint density at radius 2 is 1.79 bits per heavy atom. The Morgan fingerprint density at radius 1 is 1.07 bits per heavy atom. The summed E-state index contributed by atoms with van der Waals surface area (Å²) in [5.74, 6) is -0.435. The lowest BCUT2D eigenvalue weighted by atomic mass is 10.2. The average Bonchev–Trinajstić information content (AvgIpc) is 2.70. The Kier molecular flexibility index (Phi) is 6.20. The fourth-order valence-electron chi connectivity index (χ4n) is 2.85. The predicted molar refractivity (Wildman–Crippen MR) is 115 cm³/mol. The van der Waals surface area contributed by atoms with Gasteiger partial charge in [-0.05, 0) is 56.3 Å². The van der Waals surface area contributed by atoms with Gasteiger partial charge in [0.2, 0.25) is 0 Å². The molecule has 0 unspecified atom stereocenters. The van der Waals surface area contributed by atoms with E-state index in [-0.39, 0.29) is 22.2 Å². The van der Waals surface area contributed by atoms with Crippen LogP contribution in [-0.4, -0.2) is 25.9 Å². The van der Waals surface area contributed by atoms with Crippen molar-refractivity contribution in [1.82, 2.24) is 4.98 Å². The molecule has 8 heteroatoms. The van der Waals surface area contributed by atoms with E-state index in [9.17, 15) is 13.2 Å². The zero-order valence-corrected chi connectivity index (χ0v) is 17.5. The van der Waals surface area contributed by atoms with Crippen molar-refractivity contribution in [2.24, 2.45) is 0 Å². The van der Waals surface area contributed by atoms with E-state index < -0.39 is 15.9 Å². The van der Waals surface area contributed by atoms with Crippen LogP contribution in [0.1, 0.15) is 23.1 Å². The highest BCUT2D eigenvalue weighted by Gasteiger charge is 2.26. The number of anilines is 2. The number of hydrogen-bond donors (Lipinski definition) is 1. The predicted octanol–water partition coefficient (Wildman–Crippen LogP) is 4.51. The molecule has 0 bridgehead atoms. The summed E-state index contributed by atoms with van der Waals surface area (Å²) in [7, 11) is -3.93. The van der Waals surface area contributed by atoms with Gasteiger partial charge in [-0.15, -0.1) is 0 Å². The average molecular weight is 430 g/mol. The molecule has 6 nitrogen and oxygen atoms in total. The van der Waals surface area contributed by atoms with Gasteiger partial charge in [-0.2, -0.15) is 0 Å². The van der Waals surface area contributed by atoms with Gasteiger partial charge in [0.1, 0.15) is 10.6 Å². The number of carbonyl (C=O) groups excluding carboxylic acids is 1. The molecule has 0 atom stereocenters. The minimum atomic E-state index is -3.93. The van der Waals surface area contributed by atoms with Crippen LogP contribution < -0.4 is 9.62 Å². The summed E-state index contributed by atoms with van der Waals surface area (Å²) in [6.45, 7) is 3.76. The van der Waals surface area contributed by atoms with Gasteiger partial charge in [0.25, 0.3) is 15.9 Å². The lowest BCUT2D eigenvalue weighted by Gasteiger charge is -2.23. The molecule has 29 heavy (non-hydrogen) atoms. The first-order chi connectivity index (χ1) is 13.8. The molecule has 3 aromatic rings. The fraction of sp³-hybridized carbons (Fsp3) is 0.143. The number of benzene rings is 2. The molecule has 3 rings (SSSR count). The van der Waals surface area contributed by atoms with E-state index in [0.29, 0.717) is 17.1 Å². The molecule has 0 saturated carbocycles. The Balaban J connectivity index is 1.95. The summed E-state index contributed by atoms with van der Waals surface area (Å²) in [5, 5.41) is 2.75. The van der Waals surface area contributed by atoms with Gasteiger partial charge in [-0.1, -0.05) is 35.9 Å². The number of nitrogens with one attached hydrogen (secondary N) is 1. The molecule has 0 fully saturated rings. The first-order valence-electron chi connectivity index (χ1n) is 8.95. The van der Waals surface area contributed by atoms with Crippen molar-refractivity contribution in [3.05, 3.63) is 83.1 Å². The van der Waals surface area contributed by atoms with Crippen molar-refractivity contribution in [3.63, 3.8) is 0 Å². The molecule has 2 aromatic carbocycles. The Bertz CT molecular complexity index is 1130. The van der Waals surface area contributed by atoms with Crippen LogP contribution in [0, 0.1) is 6.92 Å². The highest BCUT2D eigenvalue weighted by Crippen LogP contribution is 2.30. The molecule has 1 amide bonds. The summed E-state index contributed by atoms with van der Waals surface area (Å²) in [6, 6.07) is 18.2. The number of hydrogen-bond acceptors (Lipinski definition) is 4. The van der Waals surface area contributed by atoms with Gasteiger partial charge in [-0.3, -0.25) is 9.10 Å². The minimum absolute atomic E-state index is 0.0751. The molecular formula is C21H20ClN3O3S. The molecule has 1 N–H and O–H groups in total. The number of carbonyl (C=O) groups is 1. The largest absolute Gasteiger partial charge is 0.321 e. The smallest absolute Gasteiger partial charge is 0.274 e. The van der Waals surface area contributed by atoms with Crippen LogP contribution in [-0.2, 0) is 10.0 Å². The third-order valence-electron chi connectivity index (χ3n) is 4.21. The van der Waals surface area contributed by atoms with Crippen LogP contribution >= 0.6 is 11.6 Å². The zero-order chi connectivity index (χ0) is 21.0. The maximum Gasteiger partial charge on any atom is 0.274 e. The van der Waals surface area contributed by atoms with Crippen molar-refractivity contribution in [3.8, 4) is 0 Å². The number of nitrogens with zero attached hydrogens (tertiary/aromatic N) is 2. The molecule has 0 spiro atoms. The van der Waals surface area contributed by atoms with E-state index in [1.54, 1.807) is 62.4 Å². The lowest BCUT2D eigenvalue weighted by Crippen LogP contribution is -2.31. The van der Waals surface area contributed by atoms with E-state index in [4.69, 9.17) is 11.6 Å². The van der Waals surface area contributed by atoms with E-state index in [1.165, 1.54) is 16.4 Å². The topological polar surface area (TPSA) is 79.4 Å². The molecule has 0 aliphatic rings. The maximum absolute atomic E-state index is 13.3. The van der Waals surface area contributed by atoms with Crippen LogP contribution in [0.25, 0.3) is 0 Å². The number of aryl methyl sites for hydroxylation is 1. The van der Waals surface area contributed by atoms with Crippen molar-refractivity contribution in [2.75, 3.05) is 16.2 Å². The molecular weight excluding hydrogens is 410 g/mol. The Morgan fingerprint density at radius 3 is 2.45 bits per heavy atom. The molecule has 0 saturated heterocycles. The van der Waals surface area contributed by atoms with Crippen LogP contribution in [0.5, 0.6) is 0 Å². The molecule has 0 radical (unpaired) electrons. The number of halogens is 1. The SMILES string of the molecule is CCN(c1ccccc1)S(=O)(=O)c1cc(NC(=O)c2cccc(C)n2)ccc1Cl. The van der Waals surface area contributed by atoms with Gasteiger partial charge < -0.3 is 5.32 Å². The normalized spacial score (nSPS) is 11.1. The second-order valence-corrected chi connectivity index (χ2v) is 8.51. The van der Waals surface area contributed by atoms with E-state index in [1.807, 2.05) is 6.07 Å². The lowest BCUT2D eigenvalue weighted by molar-refractivity contribution is 0.102. The number of para-hydroxylation sites is 1. The summed E-state index contributed by atoms with van der Waals surface area (Å²) < 4.78 is 27.8. The van der Waals surface area contributed by atoms with Gasteiger partial charge in [0.15, 0.2) is 0 Å². The fourth-order valence-corrected chi connectivity index (χ4v) is 4.82. The van der Waals surface area contributed by atoms with Crippen LogP contribution in [0.3, 0.4) is 0 Å². The molecule has 1 heterocycles. The van der Waals surface area contributed by atoms with Crippen molar-refractivity contribution < 1.29 is 13.2 Å². The van der Waals surface area contributed by atoms with Gasteiger partial charge in [0, 0.05) is 17.9 Å². The number of amides is 1. The summed E-state index contributed by atoms with van der Waals surface area (Å²) in [6.07, 6.45) is 0. The second kappa shape index (κ2) is 8.63. The Labute approximate surface area is 175 Å². The minimum Gasteiger partial charge on any atom is -0.321 e. The van der Waals surface area contributed by atoms with Crippen molar-refractivity contribution >= 4 is 38.9 Å². The monoisotopic (exact) mass is 429 g/mol. The molecule has 150 valence electrons. The van der Waals surface area contributed by atoms with E-state index in [0.717, 1.165) is 0 Å². The molecule has 0 aliphatic carbocycles. The number of aromatic nitrogens is 1. The second-order valence-electron chi connectivity index (χ2n) is 6.27. The van der Waals surface area contributed by atoms with Gasteiger partial charge in [-0.25, -0.2) is 13.4 Å². The summed E-state index contributed by atoms with van der Waals surface area (Å²) in [5.41, 5.74) is 1.79. The van der Waals surface area contributed by atoms with Crippen LogP contribution in [0.2, 0.25) is 5.02 Å². The highest BCUT2D eigenvalue weighted by atomic mass is 35.5.